The van der Waals surface area contributed by atoms with Gasteiger partial charge in [0, 0.05) is 7.11 Å². The van der Waals surface area contributed by atoms with Crippen LogP contribution in [0.25, 0.3) is 0 Å². The summed E-state index contributed by atoms with van der Waals surface area (Å²) in [4.78, 5) is 11.1. The Hall–Kier alpha value is -1.33. The molecule has 0 unspecified atom stereocenters. The van der Waals surface area contributed by atoms with Crippen LogP contribution in [0, 0.1) is 6.92 Å². The molecule has 0 fully saturated rings. The van der Waals surface area contributed by atoms with E-state index in [1.807, 2.05) is 5.43 Å². The molecule has 5 nitrogen and oxygen atoms in total. The van der Waals surface area contributed by atoms with Gasteiger partial charge in [-0.15, -0.1) is 0 Å². The van der Waals surface area contributed by atoms with Gasteiger partial charge in [-0.25, -0.2) is 5.84 Å². The standard InChI is InChI=1S/C8H12N2O3/c1-5-7(8(11)10-9)3-6(13-5)4-12-2/h3H,4,9H2,1-2H3,(H,10,11). The molecule has 1 rings (SSSR count). The Balaban J connectivity index is 2.89. The van der Waals surface area contributed by atoms with Crippen molar-refractivity contribution in [3.8, 4) is 0 Å². The number of hydrogen-bond acceptors (Lipinski definition) is 4. The Kier molecular flexibility index (Phi) is 3.05. The number of nitrogens with one attached hydrogen (secondary N) is 1. The molecule has 0 atom stereocenters. The van der Waals surface area contributed by atoms with Gasteiger partial charge < -0.3 is 9.15 Å². The van der Waals surface area contributed by atoms with Gasteiger partial charge in [-0.3, -0.25) is 10.2 Å². The van der Waals surface area contributed by atoms with Crippen LogP contribution in [0.15, 0.2) is 10.5 Å². The summed E-state index contributed by atoms with van der Waals surface area (Å²) >= 11 is 0. The lowest BCUT2D eigenvalue weighted by Gasteiger charge is -1.93. The van der Waals surface area contributed by atoms with Crippen molar-refractivity contribution in [2.24, 2.45) is 5.84 Å². The maximum absolute atomic E-state index is 11.1. The number of carbonyl (C=O) groups excluding carboxylic acids is 1. The number of carbonyl (C=O) groups is 1. The number of amides is 1. The van der Waals surface area contributed by atoms with Crippen molar-refractivity contribution < 1.29 is 13.9 Å². The minimum atomic E-state index is -0.358. The predicted molar refractivity (Wildman–Crippen MR) is 45.8 cm³/mol. The zero-order valence-corrected chi connectivity index (χ0v) is 7.59. The van der Waals surface area contributed by atoms with Crippen LogP contribution in [0.3, 0.4) is 0 Å². The smallest absolute Gasteiger partial charge is 0.268 e. The summed E-state index contributed by atoms with van der Waals surface area (Å²) in [5.41, 5.74) is 2.48. The number of methoxy groups -OCH3 is 1. The van der Waals surface area contributed by atoms with E-state index in [1.165, 1.54) is 0 Å². The van der Waals surface area contributed by atoms with E-state index in [1.54, 1.807) is 20.1 Å². The molecule has 0 bridgehead atoms. The second-order valence-corrected chi connectivity index (χ2v) is 2.59. The van der Waals surface area contributed by atoms with Gasteiger partial charge in [-0.05, 0) is 13.0 Å². The molecule has 0 spiro atoms. The third-order valence-corrected chi connectivity index (χ3v) is 1.63. The second-order valence-electron chi connectivity index (χ2n) is 2.59. The first-order valence-corrected chi connectivity index (χ1v) is 3.78. The summed E-state index contributed by atoms with van der Waals surface area (Å²) in [6.45, 7) is 2.04. The highest BCUT2D eigenvalue weighted by Gasteiger charge is 2.13. The van der Waals surface area contributed by atoms with Gasteiger partial charge >= 0.3 is 0 Å². The van der Waals surface area contributed by atoms with E-state index in [0.29, 0.717) is 23.7 Å². The van der Waals surface area contributed by atoms with Crippen LogP contribution in [-0.2, 0) is 11.3 Å². The highest BCUT2D eigenvalue weighted by molar-refractivity contribution is 5.94. The number of nitrogen functional groups attached to an aromatic ring is 1. The Bertz CT molecular complexity index is 306. The van der Waals surface area contributed by atoms with E-state index in [0.717, 1.165) is 0 Å². The normalized spacial score (nSPS) is 10.1. The molecule has 1 aromatic rings. The van der Waals surface area contributed by atoms with Gasteiger partial charge in [0.05, 0.1) is 5.56 Å². The maximum Gasteiger partial charge on any atom is 0.268 e. The average molecular weight is 184 g/mol. The molecule has 0 aliphatic carbocycles. The van der Waals surface area contributed by atoms with Gasteiger partial charge in [-0.1, -0.05) is 0 Å². The lowest BCUT2D eigenvalue weighted by Crippen LogP contribution is -2.30. The maximum atomic E-state index is 11.1. The summed E-state index contributed by atoms with van der Waals surface area (Å²) < 4.78 is 10.1. The van der Waals surface area contributed by atoms with Crippen LogP contribution in [0.5, 0.6) is 0 Å². The Morgan fingerprint density at radius 3 is 3.00 bits per heavy atom. The third-order valence-electron chi connectivity index (χ3n) is 1.63. The lowest BCUT2D eigenvalue weighted by atomic mass is 10.2. The Morgan fingerprint density at radius 1 is 1.77 bits per heavy atom. The fraction of sp³-hybridized carbons (Fsp3) is 0.375. The molecule has 3 N–H and O–H groups in total. The molecule has 0 aliphatic heterocycles. The van der Waals surface area contributed by atoms with Crippen LogP contribution in [0.4, 0.5) is 0 Å². The largest absolute Gasteiger partial charge is 0.463 e. The second kappa shape index (κ2) is 4.06. The van der Waals surface area contributed by atoms with Gasteiger partial charge in [0.25, 0.3) is 5.91 Å². The van der Waals surface area contributed by atoms with Crippen molar-refractivity contribution in [3.05, 3.63) is 23.2 Å². The topological polar surface area (TPSA) is 77.5 Å². The minimum Gasteiger partial charge on any atom is -0.463 e. The molecule has 0 saturated carbocycles. The fourth-order valence-electron chi connectivity index (χ4n) is 1.06. The third kappa shape index (κ3) is 2.07. The number of furan rings is 1. The molecule has 1 heterocycles. The summed E-state index contributed by atoms with van der Waals surface area (Å²) in [7, 11) is 1.56. The zero-order valence-electron chi connectivity index (χ0n) is 7.59. The average Bonchev–Trinajstić information content (AvgIpc) is 2.46. The van der Waals surface area contributed by atoms with Crippen LogP contribution < -0.4 is 11.3 Å². The van der Waals surface area contributed by atoms with Gasteiger partial charge in [0.15, 0.2) is 0 Å². The summed E-state index contributed by atoms with van der Waals surface area (Å²) in [5, 5.41) is 0. The van der Waals surface area contributed by atoms with Crippen molar-refractivity contribution >= 4 is 5.91 Å². The molecule has 0 saturated heterocycles. The molecule has 1 aromatic heterocycles. The van der Waals surface area contributed by atoms with Gasteiger partial charge in [0.1, 0.15) is 18.1 Å². The fourth-order valence-corrected chi connectivity index (χ4v) is 1.06. The SMILES string of the molecule is COCc1cc(C(=O)NN)c(C)o1. The quantitative estimate of drug-likeness (QED) is 0.403. The number of hydrogen-bond donors (Lipinski definition) is 2. The number of hydrazine groups is 1. The van der Waals surface area contributed by atoms with Crippen LogP contribution in [-0.4, -0.2) is 13.0 Å². The minimum absolute atomic E-state index is 0.346. The number of rotatable bonds is 3. The summed E-state index contributed by atoms with van der Waals surface area (Å²) in [6.07, 6.45) is 0. The zero-order chi connectivity index (χ0) is 9.84. The number of nitrogens with two attached hydrogens (primary N) is 1. The number of aryl methyl sites for hydroxylation is 1. The van der Waals surface area contributed by atoms with Crippen LogP contribution in [0.1, 0.15) is 21.9 Å². The van der Waals surface area contributed by atoms with Crippen molar-refractivity contribution in [1.29, 1.82) is 0 Å². The van der Waals surface area contributed by atoms with Gasteiger partial charge in [-0.2, -0.15) is 0 Å². The first-order chi connectivity index (χ1) is 6.19. The van der Waals surface area contributed by atoms with Crippen molar-refractivity contribution in [2.75, 3.05) is 7.11 Å². The van der Waals surface area contributed by atoms with Gasteiger partial charge in [0.2, 0.25) is 0 Å². The predicted octanol–water partition coefficient (Wildman–Crippen LogP) is 0.338. The van der Waals surface area contributed by atoms with E-state index in [2.05, 4.69) is 0 Å². The Labute approximate surface area is 75.8 Å². The Morgan fingerprint density at radius 2 is 2.46 bits per heavy atom. The molecular weight excluding hydrogens is 172 g/mol. The molecule has 1 amide bonds. The molecule has 5 heteroatoms. The molecule has 0 aliphatic rings. The van der Waals surface area contributed by atoms with Crippen molar-refractivity contribution in [3.63, 3.8) is 0 Å². The number of ether oxygens (including phenoxy) is 1. The van der Waals surface area contributed by atoms with E-state index in [-0.39, 0.29) is 5.91 Å². The van der Waals surface area contributed by atoms with E-state index < -0.39 is 0 Å². The first kappa shape index (κ1) is 9.76. The highest BCUT2D eigenvalue weighted by atomic mass is 16.5. The lowest BCUT2D eigenvalue weighted by molar-refractivity contribution is 0.0952. The van der Waals surface area contributed by atoms with E-state index in [9.17, 15) is 4.79 Å². The van der Waals surface area contributed by atoms with Crippen LogP contribution in [0.2, 0.25) is 0 Å². The van der Waals surface area contributed by atoms with E-state index >= 15 is 0 Å². The summed E-state index contributed by atoms with van der Waals surface area (Å²) in [6, 6.07) is 1.61. The van der Waals surface area contributed by atoms with Crippen LogP contribution >= 0.6 is 0 Å². The molecule has 0 aromatic carbocycles. The van der Waals surface area contributed by atoms with Crippen molar-refractivity contribution in [2.45, 2.75) is 13.5 Å². The molecular formula is C8H12N2O3. The molecule has 13 heavy (non-hydrogen) atoms. The summed E-state index contributed by atoms with van der Waals surface area (Å²) in [5.74, 6) is 5.77. The monoisotopic (exact) mass is 184 g/mol. The molecule has 0 radical (unpaired) electrons. The highest BCUT2D eigenvalue weighted by Crippen LogP contribution is 2.14. The molecule has 72 valence electrons. The first-order valence-electron chi connectivity index (χ1n) is 3.78. The van der Waals surface area contributed by atoms with Crippen molar-refractivity contribution in [1.82, 2.24) is 5.43 Å². The van der Waals surface area contributed by atoms with E-state index in [4.69, 9.17) is 15.0 Å².